The average Bonchev–Trinajstić information content (AvgIpc) is 2.29. The molecule has 1 heterocycles. The Bertz CT molecular complexity index is 261. The summed E-state index contributed by atoms with van der Waals surface area (Å²) in [7, 11) is 0. The summed E-state index contributed by atoms with van der Waals surface area (Å²) < 4.78 is 0. The van der Waals surface area contributed by atoms with Crippen LogP contribution in [-0.4, -0.2) is 35.6 Å². The predicted molar refractivity (Wildman–Crippen MR) is 74.7 cm³/mol. The summed E-state index contributed by atoms with van der Waals surface area (Å²) in [6, 6.07) is 0. The number of aliphatic carboxylic acids is 1. The van der Waals surface area contributed by atoms with E-state index in [-0.39, 0.29) is 0 Å². The maximum atomic E-state index is 11.6. The van der Waals surface area contributed by atoms with Crippen LogP contribution >= 0.6 is 0 Å². The molecule has 1 saturated heterocycles. The Morgan fingerprint density at radius 1 is 1.44 bits per heavy atom. The highest BCUT2D eigenvalue weighted by molar-refractivity contribution is 5.75. The Morgan fingerprint density at radius 2 is 2.17 bits per heavy atom. The lowest BCUT2D eigenvalue weighted by Crippen LogP contribution is -2.48. The van der Waals surface area contributed by atoms with Gasteiger partial charge in [0.05, 0.1) is 5.41 Å². The summed E-state index contributed by atoms with van der Waals surface area (Å²) in [5, 5.41) is 9.52. The highest BCUT2D eigenvalue weighted by atomic mass is 16.4. The fourth-order valence-electron chi connectivity index (χ4n) is 3.11. The van der Waals surface area contributed by atoms with Gasteiger partial charge in [0.1, 0.15) is 0 Å². The number of hydrogen-bond acceptors (Lipinski definition) is 2. The zero-order valence-electron chi connectivity index (χ0n) is 12.2. The van der Waals surface area contributed by atoms with Crippen molar-refractivity contribution in [2.75, 3.05) is 19.6 Å². The molecule has 0 aromatic carbocycles. The lowest BCUT2D eigenvalue weighted by Gasteiger charge is -2.40. The maximum Gasteiger partial charge on any atom is 0.310 e. The van der Waals surface area contributed by atoms with Crippen LogP contribution in [0.15, 0.2) is 0 Å². The molecular formula is C15H29NO2. The SMILES string of the molecule is CCCC1(C(=O)O)CCCN(CCCC(C)C)C1. The van der Waals surface area contributed by atoms with Crippen molar-refractivity contribution in [1.82, 2.24) is 4.90 Å². The van der Waals surface area contributed by atoms with E-state index >= 15 is 0 Å². The van der Waals surface area contributed by atoms with Gasteiger partial charge >= 0.3 is 5.97 Å². The summed E-state index contributed by atoms with van der Waals surface area (Å²) in [5.74, 6) is 0.160. The molecule has 0 aromatic heterocycles. The minimum absolute atomic E-state index is 0.467. The smallest absolute Gasteiger partial charge is 0.310 e. The Morgan fingerprint density at radius 3 is 2.72 bits per heavy atom. The van der Waals surface area contributed by atoms with E-state index in [2.05, 4.69) is 25.7 Å². The lowest BCUT2D eigenvalue weighted by atomic mass is 9.76. The average molecular weight is 255 g/mol. The lowest BCUT2D eigenvalue weighted by molar-refractivity contribution is -0.153. The molecule has 1 aliphatic heterocycles. The van der Waals surface area contributed by atoms with E-state index in [1.165, 1.54) is 12.8 Å². The molecule has 18 heavy (non-hydrogen) atoms. The minimum atomic E-state index is -0.585. The molecule has 1 fully saturated rings. The molecule has 0 aliphatic carbocycles. The molecule has 106 valence electrons. The van der Waals surface area contributed by atoms with E-state index in [9.17, 15) is 9.90 Å². The summed E-state index contributed by atoms with van der Waals surface area (Å²) in [6.45, 7) is 9.48. The second-order valence-electron chi connectivity index (χ2n) is 6.25. The molecule has 3 nitrogen and oxygen atoms in total. The summed E-state index contributed by atoms with van der Waals surface area (Å²) in [5.41, 5.74) is -0.467. The van der Waals surface area contributed by atoms with Crippen LogP contribution in [0.1, 0.15) is 59.3 Å². The molecule has 0 spiro atoms. The molecule has 1 N–H and O–H groups in total. The zero-order valence-corrected chi connectivity index (χ0v) is 12.2. The van der Waals surface area contributed by atoms with Gasteiger partial charge in [0, 0.05) is 6.54 Å². The number of hydrogen-bond donors (Lipinski definition) is 1. The highest BCUT2D eigenvalue weighted by Crippen LogP contribution is 2.35. The van der Waals surface area contributed by atoms with Gasteiger partial charge in [-0.2, -0.15) is 0 Å². The highest BCUT2D eigenvalue weighted by Gasteiger charge is 2.41. The topological polar surface area (TPSA) is 40.5 Å². The number of likely N-dealkylation sites (tertiary alicyclic amines) is 1. The third-order valence-electron chi connectivity index (χ3n) is 4.09. The van der Waals surface area contributed by atoms with Crippen LogP contribution in [0.3, 0.4) is 0 Å². The first-order chi connectivity index (χ1) is 8.50. The first kappa shape index (κ1) is 15.5. The van der Waals surface area contributed by atoms with Gasteiger partial charge in [-0.15, -0.1) is 0 Å². The number of carboxylic acids is 1. The normalized spacial score (nSPS) is 25.6. The van der Waals surface area contributed by atoms with E-state index in [0.29, 0.717) is 0 Å². The second kappa shape index (κ2) is 7.13. The van der Waals surface area contributed by atoms with Crippen LogP contribution in [0.5, 0.6) is 0 Å². The Kier molecular flexibility index (Phi) is 6.13. The first-order valence-electron chi connectivity index (χ1n) is 7.46. The molecule has 1 unspecified atom stereocenters. The largest absolute Gasteiger partial charge is 0.481 e. The van der Waals surface area contributed by atoms with E-state index < -0.39 is 11.4 Å². The van der Waals surface area contributed by atoms with E-state index in [1.807, 2.05) is 0 Å². The Balaban J connectivity index is 2.50. The summed E-state index contributed by atoms with van der Waals surface area (Å²) in [6.07, 6.45) is 6.11. The van der Waals surface area contributed by atoms with E-state index in [0.717, 1.165) is 51.2 Å². The van der Waals surface area contributed by atoms with Gasteiger partial charge < -0.3 is 10.0 Å². The number of nitrogens with zero attached hydrogens (tertiary/aromatic N) is 1. The van der Waals surface area contributed by atoms with Crippen molar-refractivity contribution in [3.8, 4) is 0 Å². The molecule has 0 aromatic rings. The Hall–Kier alpha value is -0.570. The second-order valence-corrected chi connectivity index (χ2v) is 6.25. The molecule has 1 aliphatic rings. The summed E-state index contributed by atoms with van der Waals surface area (Å²) in [4.78, 5) is 13.9. The van der Waals surface area contributed by atoms with Gasteiger partial charge in [-0.05, 0) is 51.1 Å². The maximum absolute atomic E-state index is 11.6. The van der Waals surface area contributed by atoms with Crippen LogP contribution < -0.4 is 0 Å². The number of carboxylic acid groups (broad SMARTS) is 1. The molecule has 0 bridgehead atoms. The number of carbonyl (C=O) groups is 1. The Labute approximate surface area is 112 Å². The molecule has 1 rings (SSSR count). The fraction of sp³-hybridized carbons (Fsp3) is 0.933. The van der Waals surface area contributed by atoms with Gasteiger partial charge in [0.25, 0.3) is 0 Å². The molecule has 0 radical (unpaired) electrons. The number of rotatable bonds is 7. The zero-order chi connectivity index (χ0) is 13.6. The summed E-state index contributed by atoms with van der Waals surface area (Å²) >= 11 is 0. The molecular weight excluding hydrogens is 226 g/mol. The standard InChI is InChI=1S/C15H29NO2/c1-4-8-15(14(17)18)9-6-11-16(12-15)10-5-7-13(2)3/h13H,4-12H2,1-3H3,(H,17,18). The van der Waals surface area contributed by atoms with E-state index in [1.54, 1.807) is 0 Å². The van der Waals surface area contributed by atoms with Gasteiger partial charge in [-0.25, -0.2) is 0 Å². The van der Waals surface area contributed by atoms with Crippen molar-refractivity contribution >= 4 is 5.97 Å². The predicted octanol–water partition coefficient (Wildman–Crippen LogP) is 3.39. The van der Waals surface area contributed by atoms with Gasteiger partial charge in [-0.1, -0.05) is 27.2 Å². The van der Waals surface area contributed by atoms with Gasteiger partial charge in [0.2, 0.25) is 0 Å². The van der Waals surface area contributed by atoms with E-state index in [4.69, 9.17) is 0 Å². The fourth-order valence-corrected chi connectivity index (χ4v) is 3.11. The number of piperidine rings is 1. The van der Waals surface area contributed by atoms with Crippen molar-refractivity contribution in [2.45, 2.75) is 59.3 Å². The van der Waals surface area contributed by atoms with Crippen LogP contribution in [0, 0.1) is 11.3 Å². The molecule has 0 amide bonds. The van der Waals surface area contributed by atoms with Gasteiger partial charge in [0.15, 0.2) is 0 Å². The minimum Gasteiger partial charge on any atom is -0.481 e. The van der Waals surface area contributed by atoms with Crippen molar-refractivity contribution < 1.29 is 9.90 Å². The van der Waals surface area contributed by atoms with Crippen LogP contribution in [0.2, 0.25) is 0 Å². The van der Waals surface area contributed by atoms with Crippen molar-refractivity contribution in [1.29, 1.82) is 0 Å². The quantitative estimate of drug-likeness (QED) is 0.758. The van der Waals surface area contributed by atoms with Crippen molar-refractivity contribution in [3.05, 3.63) is 0 Å². The molecule has 1 atom stereocenters. The van der Waals surface area contributed by atoms with Crippen LogP contribution in [0.25, 0.3) is 0 Å². The van der Waals surface area contributed by atoms with Crippen molar-refractivity contribution in [3.63, 3.8) is 0 Å². The molecule has 3 heteroatoms. The van der Waals surface area contributed by atoms with Crippen LogP contribution in [0.4, 0.5) is 0 Å². The first-order valence-corrected chi connectivity index (χ1v) is 7.46. The molecule has 0 saturated carbocycles. The van der Waals surface area contributed by atoms with Crippen molar-refractivity contribution in [2.24, 2.45) is 11.3 Å². The van der Waals surface area contributed by atoms with Gasteiger partial charge in [-0.3, -0.25) is 4.79 Å². The van der Waals surface area contributed by atoms with Crippen LogP contribution in [-0.2, 0) is 4.79 Å². The third-order valence-corrected chi connectivity index (χ3v) is 4.09. The third kappa shape index (κ3) is 4.27. The monoisotopic (exact) mass is 255 g/mol.